The van der Waals surface area contributed by atoms with Crippen LogP contribution in [0.2, 0.25) is 0 Å². The molecule has 2 aromatic rings. The predicted octanol–water partition coefficient (Wildman–Crippen LogP) is 2.67. The number of ether oxygens (including phenoxy) is 1. The van der Waals surface area contributed by atoms with Gasteiger partial charge in [-0.25, -0.2) is 4.79 Å². The molecule has 2 saturated heterocycles. The third kappa shape index (κ3) is 4.40. The van der Waals surface area contributed by atoms with E-state index in [1.807, 2.05) is 54.6 Å². The molecule has 8 heteroatoms. The second-order valence-electron chi connectivity index (χ2n) is 8.70. The van der Waals surface area contributed by atoms with Gasteiger partial charge in [-0.05, 0) is 23.6 Å². The van der Waals surface area contributed by atoms with Crippen LogP contribution in [0.4, 0.5) is 4.79 Å². The minimum Gasteiger partial charge on any atom is -0.450 e. The second-order valence-corrected chi connectivity index (χ2v) is 8.70. The number of likely N-dealkylation sites (N-methyl/N-ethyl adjacent to an activating group) is 1. The first-order chi connectivity index (χ1) is 16.4. The van der Waals surface area contributed by atoms with Crippen LogP contribution in [0.3, 0.4) is 0 Å². The SMILES string of the molecule is CCOC(=O)N1CCN(C(=O)C[C@@]2(c3ccc(-c4ccccc4)cc3)CC(=O)N(C)C2=O)CC1. The molecule has 2 heterocycles. The fourth-order valence-corrected chi connectivity index (χ4v) is 4.69. The van der Waals surface area contributed by atoms with E-state index in [4.69, 9.17) is 4.74 Å². The average molecular weight is 464 g/mol. The van der Waals surface area contributed by atoms with Gasteiger partial charge in [-0.1, -0.05) is 54.6 Å². The first kappa shape index (κ1) is 23.5. The van der Waals surface area contributed by atoms with Crippen molar-refractivity contribution in [3.05, 3.63) is 60.2 Å². The van der Waals surface area contributed by atoms with E-state index >= 15 is 0 Å². The number of piperazine rings is 1. The molecule has 0 aliphatic carbocycles. The van der Waals surface area contributed by atoms with Crippen molar-refractivity contribution >= 4 is 23.8 Å². The molecule has 0 unspecified atom stereocenters. The minimum absolute atomic E-state index is 0.0401. The topological polar surface area (TPSA) is 87.2 Å². The number of hydrogen-bond acceptors (Lipinski definition) is 5. The average Bonchev–Trinajstić information content (AvgIpc) is 3.09. The first-order valence-corrected chi connectivity index (χ1v) is 11.5. The van der Waals surface area contributed by atoms with E-state index in [-0.39, 0.29) is 36.7 Å². The summed E-state index contributed by atoms with van der Waals surface area (Å²) < 4.78 is 5.03. The molecule has 1 atom stereocenters. The predicted molar refractivity (Wildman–Crippen MR) is 126 cm³/mol. The largest absolute Gasteiger partial charge is 0.450 e. The zero-order valence-corrected chi connectivity index (χ0v) is 19.5. The standard InChI is InChI=1S/C26H29N3O5/c1-3-34-25(33)29-15-13-28(14-16-29)23(31)18-26(17-22(30)27(2)24(26)32)21-11-9-20(10-12-21)19-7-5-4-6-8-19/h4-12H,3,13-18H2,1-2H3/t26-/m1/s1. The highest BCUT2D eigenvalue weighted by molar-refractivity contribution is 6.10. The van der Waals surface area contributed by atoms with Gasteiger partial charge in [0.1, 0.15) is 0 Å². The Balaban J connectivity index is 1.54. The van der Waals surface area contributed by atoms with Crippen LogP contribution in [0.25, 0.3) is 11.1 Å². The maximum Gasteiger partial charge on any atom is 0.409 e. The summed E-state index contributed by atoms with van der Waals surface area (Å²) in [5.74, 6) is -0.854. The quantitative estimate of drug-likeness (QED) is 0.637. The second kappa shape index (κ2) is 9.67. The molecule has 0 spiro atoms. The molecule has 0 saturated carbocycles. The highest BCUT2D eigenvalue weighted by Crippen LogP contribution is 2.40. The lowest BCUT2D eigenvalue weighted by Crippen LogP contribution is -2.52. The zero-order valence-electron chi connectivity index (χ0n) is 19.5. The normalized spacial score (nSPS) is 20.6. The molecule has 0 aromatic heterocycles. The van der Waals surface area contributed by atoms with E-state index in [1.165, 1.54) is 7.05 Å². The summed E-state index contributed by atoms with van der Waals surface area (Å²) in [6, 6.07) is 17.4. The summed E-state index contributed by atoms with van der Waals surface area (Å²) in [6.07, 6.45) is -0.518. The van der Waals surface area contributed by atoms with Gasteiger partial charge in [0.05, 0.1) is 12.0 Å². The fourth-order valence-electron chi connectivity index (χ4n) is 4.69. The van der Waals surface area contributed by atoms with Crippen LogP contribution < -0.4 is 0 Å². The molecule has 178 valence electrons. The van der Waals surface area contributed by atoms with Crippen molar-refractivity contribution in [2.45, 2.75) is 25.2 Å². The van der Waals surface area contributed by atoms with Crippen LogP contribution in [-0.2, 0) is 24.5 Å². The molecular formula is C26H29N3O5. The Morgan fingerprint density at radius 1 is 0.882 bits per heavy atom. The van der Waals surface area contributed by atoms with E-state index in [0.717, 1.165) is 16.0 Å². The minimum atomic E-state index is -1.23. The molecule has 8 nitrogen and oxygen atoms in total. The number of carbonyl (C=O) groups excluding carboxylic acids is 4. The van der Waals surface area contributed by atoms with Crippen LogP contribution in [0.5, 0.6) is 0 Å². The highest BCUT2D eigenvalue weighted by Gasteiger charge is 2.53. The van der Waals surface area contributed by atoms with E-state index in [1.54, 1.807) is 16.7 Å². The van der Waals surface area contributed by atoms with Crippen molar-refractivity contribution < 1.29 is 23.9 Å². The van der Waals surface area contributed by atoms with Gasteiger partial charge in [-0.2, -0.15) is 0 Å². The van der Waals surface area contributed by atoms with Crippen LogP contribution in [0, 0.1) is 0 Å². The number of likely N-dealkylation sites (tertiary alicyclic amines) is 1. The Morgan fingerprint density at radius 3 is 2.03 bits per heavy atom. The number of hydrogen-bond donors (Lipinski definition) is 0. The Hall–Kier alpha value is -3.68. The van der Waals surface area contributed by atoms with Crippen molar-refractivity contribution in [1.82, 2.24) is 14.7 Å². The van der Waals surface area contributed by atoms with E-state index in [2.05, 4.69) is 0 Å². The van der Waals surface area contributed by atoms with Gasteiger partial charge in [0.25, 0.3) is 0 Å². The lowest BCUT2D eigenvalue weighted by atomic mass is 9.75. The number of imide groups is 1. The van der Waals surface area contributed by atoms with E-state index in [0.29, 0.717) is 38.3 Å². The molecular weight excluding hydrogens is 434 g/mol. The summed E-state index contributed by atoms with van der Waals surface area (Å²) in [4.78, 5) is 55.4. The summed E-state index contributed by atoms with van der Waals surface area (Å²) in [5, 5.41) is 0. The van der Waals surface area contributed by atoms with E-state index in [9.17, 15) is 19.2 Å². The smallest absolute Gasteiger partial charge is 0.409 e. The Kier molecular flexibility index (Phi) is 6.68. The Labute approximate surface area is 199 Å². The molecule has 0 radical (unpaired) electrons. The van der Waals surface area contributed by atoms with Crippen LogP contribution in [0.15, 0.2) is 54.6 Å². The number of rotatable bonds is 5. The lowest BCUT2D eigenvalue weighted by molar-refractivity contribution is -0.142. The number of nitrogens with zero attached hydrogens (tertiary/aromatic N) is 3. The number of benzene rings is 2. The van der Waals surface area contributed by atoms with Gasteiger partial charge in [0.2, 0.25) is 17.7 Å². The molecule has 0 N–H and O–H groups in total. The van der Waals surface area contributed by atoms with Crippen molar-refractivity contribution in [2.75, 3.05) is 39.8 Å². The summed E-state index contributed by atoms with van der Waals surface area (Å²) in [5.41, 5.74) is 1.47. The molecule has 4 rings (SSSR count). The first-order valence-electron chi connectivity index (χ1n) is 11.5. The van der Waals surface area contributed by atoms with Gasteiger partial charge < -0.3 is 14.5 Å². The molecule has 2 aliphatic rings. The zero-order chi connectivity index (χ0) is 24.3. The monoisotopic (exact) mass is 463 g/mol. The summed E-state index contributed by atoms with van der Waals surface area (Å²) in [6.45, 7) is 3.51. The molecule has 2 aromatic carbocycles. The third-order valence-electron chi connectivity index (χ3n) is 6.70. The Morgan fingerprint density at radius 2 is 1.47 bits per heavy atom. The van der Waals surface area contributed by atoms with Crippen molar-refractivity contribution in [3.63, 3.8) is 0 Å². The molecule has 4 amide bonds. The van der Waals surface area contributed by atoms with Gasteiger partial charge in [-0.15, -0.1) is 0 Å². The van der Waals surface area contributed by atoms with Gasteiger partial charge in [0.15, 0.2) is 0 Å². The van der Waals surface area contributed by atoms with Crippen LogP contribution in [0.1, 0.15) is 25.3 Å². The van der Waals surface area contributed by atoms with Gasteiger partial charge in [0, 0.05) is 46.1 Å². The lowest BCUT2D eigenvalue weighted by Gasteiger charge is -2.36. The van der Waals surface area contributed by atoms with Gasteiger partial charge >= 0.3 is 6.09 Å². The molecule has 34 heavy (non-hydrogen) atoms. The fraction of sp³-hybridized carbons (Fsp3) is 0.385. The van der Waals surface area contributed by atoms with Crippen molar-refractivity contribution in [1.29, 1.82) is 0 Å². The molecule has 2 aliphatic heterocycles. The maximum atomic E-state index is 13.3. The maximum absolute atomic E-state index is 13.3. The summed E-state index contributed by atoms with van der Waals surface area (Å²) in [7, 11) is 1.47. The molecule has 2 fully saturated rings. The third-order valence-corrected chi connectivity index (χ3v) is 6.70. The van der Waals surface area contributed by atoms with Crippen LogP contribution >= 0.6 is 0 Å². The summed E-state index contributed by atoms with van der Waals surface area (Å²) >= 11 is 0. The van der Waals surface area contributed by atoms with Crippen molar-refractivity contribution in [3.8, 4) is 11.1 Å². The highest BCUT2D eigenvalue weighted by atomic mass is 16.6. The number of carbonyl (C=O) groups is 4. The van der Waals surface area contributed by atoms with Gasteiger partial charge in [-0.3, -0.25) is 19.3 Å². The Bertz CT molecular complexity index is 1080. The van der Waals surface area contributed by atoms with Crippen molar-refractivity contribution in [2.24, 2.45) is 0 Å². The molecule has 0 bridgehead atoms. The number of amides is 4. The van der Waals surface area contributed by atoms with Crippen LogP contribution in [-0.4, -0.2) is 78.3 Å². The van der Waals surface area contributed by atoms with E-state index < -0.39 is 5.41 Å².